The lowest BCUT2D eigenvalue weighted by atomic mass is 10.0. The SMILES string of the molecule is COc1ccccc1[C@H]1CN(C(=O)Cn2cccn2)CCN1C. The topological polar surface area (TPSA) is 50.6 Å². The Morgan fingerprint density at radius 1 is 1.30 bits per heavy atom. The van der Waals surface area contributed by atoms with Crippen LogP contribution in [0.1, 0.15) is 11.6 Å². The molecule has 2 aromatic rings. The highest BCUT2D eigenvalue weighted by atomic mass is 16.5. The van der Waals surface area contributed by atoms with Crippen LogP contribution in [-0.2, 0) is 11.3 Å². The normalized spacial score (nSPS) is 18.9. The number of carbonyl (C=O) groups excluding carboxylic acids is 1. The molecule has 1 fully saturated rings. The molecule has 6 nitrogen and oxygen atoms in total. The Balaban J connectivity index is 1.75. The monoisotopic (exact) mass is 314 g/mol. The maximum Gasteiger partial charge on any atom is 0.244 e. The fourth-order valence-electron chi connectivity index (χ4n) is 3.01. The fourth-order valence-corrected chi connectivity index (χ4v) is 3.01. The number of likely N-dealkylation sites (N-methyl/N-ethyl adjacent to an activating group) is 1. The molecule has 0 unspecified atom stereocenters. The second-order valence-electron chi connectivity index (χ2n) is 5.78. The highest BCUT2D eigenvalue weighted by Crippen LogP contribution is 2.31. The lowest BCUT2D eigenvalue weighted by molar-refractivity contribution is -0.134. The zero-order valence-electron chi connectivity index (χ0n) is 13.6. The van der Waals surface area contributed by atoms with Crippen LogP contribution in [0.15, 0.2) is 42.7 Å². The summed E-state index contributed by atoms with van der Waals surface area (Å²) >= 11 is 0. The first-order valence-corrected chi connectivity index (χ1v) is 7.77. The molecular weight excluding hydrogens is 292 g/mol. The van der Waals surface area contributed by atoms with E-state index >= 15 is 0 Å². The Bertz CT molecular complexity index is 656. The molecule has 122 valence electrons. The Labute approximate surface area is 136 Å². The largest absolute Gasteiger partial charge is 0.496 e. The number of ether oxygens (including phenoxy) is 1. The summed E-state index contributed by atoms with van der Waals surface area (Å²) in [5.41, 5.74) is 1.12. The van der Waals surface area contributed by atoms with Crippen LogP contribution in [0.25, 0.3) is 0 Å². The highest BCUT2D eigenvalue weighted by molar-refractivity contribution is 5.76. The van der Waals surface area contributed by atoms with E-state index in [9.17, 15) is 4.79 Å². The summed E-state index contributed by atoms with van der Waals surface area (Å²) in [5.74, 6) is 0.965. The molecule has 1 amide bonds. The second kappa shape index (κ2) is 6.83. The van der Waals surface area contributed by atoms with Gasteiger partial charge in [-0.2, -0.15) is 5.10 Å². The number of hydrogen-bond donors (Lipinski definition) is 0. The van der Waals surface area contributed by atoms with Gasteiger partial charge in [-0.05, 0) is 19.2 Å². The van der Waals surface area contributed by atoms with E-state index in [-0.39, 0.29) is 18.5 Å². The first-order valence-electron chi connectivity index (χ1n) is 7.77. The van der Waals surface area contributed by atoms with Gasteiger partial charge in [-0.25, -0.2) is 0 Å². The Morgan fingerprint density at radius 2 is 2.13 bits per heavy atom. The predicted molar refractivity (Wildman–Crippen MR) is 87.2 cm³/mol. The highest BCUT2D eigenvalue weighted by Gasteiger charge is 2.30. The minimum Gasteiger partial charge on any atom is -0.496 e. The van der Waals surface area contributed by atoms with Gasteiger partial charge in [0.1, 0.15) is 12.3 Å². The number of piperazine rings is 1. The molecule has 0 saturated carbocycles. The van der Waals surface area contributed by atoms with Crippen molar-refractivity contribution in [2.45, 2.75) is 12.6 Å². The molecule has 6 heteroatoms. The number of amides is 1. The van der Waals surface area contributed by atoms with Crippen molar-refractivity contribution in [3.05, 3.63) is 48.3 Å². The van der Waals surface area contributed by atoms with Crippen molar-refractivity contribution < 1.29 is 9.53 Å². The Kier molecular flexibility index (Phi) is 4.62. The van der Waals surface area contributed by atoms with E-state index in [2.05, 4.69) is 23.1 Å². The van der Waals surface area contributed by atoms with Gasteiger partial charge in [-0.15, -0.1) is 0 Å². The number of aromatic nitrogens is 2. The number of hydrogen-bond acceptors (Lipinski definition) is 4. The second-order valence-corrected chi connectivity index (χ2v) is 5.78. The van der Waals surface area contributed by atoms with Crippen LogP contribution in [0.4, 0.5) is 0 Å². The van der Waals surface area contributed by atoms with E-state index in [0.29, 0.717) is 6.54 Å². The van der Waals surface area contributed by atoms with Crippen LogP contribution in [0.5, 0.6) is 5.75 Å². The maximum absolute atomic E-state index is 12.5. The summed E-state index contributed by atoms with van der Waals surface area (Å²) < 4.78 is 7.15. The molecule has 1 aromatic carbocycles. The minimum absolute atomic E-state index is 0.0988. The average Bonchev–Trinajstić information content (AvgIpc) is 3.08. The van der Waals surface area contributed by atoms with Crippen molar-refractivity contribution in [2.75, 3.05) is 33.8 Å². The molecule has 0 N–H and O–H groups in total. The van der Waals surface area contributed by atoms with Crippen molar-refractivity contribution in [1.82, 2.24) is 19.6 Å². The van der Waals surface area contributed by atoms with E-state index in [1.165, 1.54) is 0 Å². The van der Waals surface area contributed by atoms with Gasteiger partial charge in [0.05, 0.1) is 13.2 Å². The molecule has 1 atom stereocenters. The van der Waals surface area contributed by atoms with E-state index in [0.717, 1.165) is 24.4 Å². The molecule has 3 rings (SSSR count). The van der Waals surface area contributed by atoms with Crippen LogP contribution in [0, 0.1) is 0 Å². The zero-order valence-corrected chi connectivity index (χ0v) is 13.6. The summed E-state index contributed by atoms with van der Waals surface area (Å²) in [7, 11) is 3.77. The third-order valence-electron chi connectivity index (χ3n) is 4.36. The summed E-state index contributed by atoms with van der Waals surface area (Å²) in [6, 6.07) is 9.98. The van der Waals surface area contributed by atoms with Gasteiger partial charge in [-0.1, -0.05) is 18.2 Å². The van der Waals surface area contributed by atoms with Gasteiger partial charge in [0, 0.05) is 37.6 Å². The van der Waals surface area contributed by atoms with E-state index in [1.54, 1.807) is 18.0 Å². The van der Waals surface area contributed by atoms with Crippen molar-refractivity contribution in [1.29, 1.82) is 0 Å². The number of carbonyl (C=O) groups is 1. The predicted octanol–water partition coefficient (Wildman–Crippen LogP) is 1.41. The Morgan fingerprint density at radius 3 is 2.87 bits per heavy atom. The van der Waals surface area contributed by atoms with Crippen LogP contribution in [-0.4, -0.2) is 59.3 Å². The number of rotatable bonds is 4. The van der Waals surface area contributed by atoms with Crippen LogP contribution in [0.3, 0.4) is 0 Å². The third-order valence-corrected chi connectivity index (χ3v) is 4.36. The molecule has 1 aliphatic rings. The van der Waals surface area contributed by atoms with E-state index in [1.807, 2.05) is 35.4 Å². The smallest absolute Gasteiger partial charge is 0.244 e. The molecule has 1 aliphatic heterocycles. The van der Waals surface area contributed by atoms with Gasteiger partial charge in [0.2, 0.25) is 5.91 Å². The number of nitrogens with zero attached hydrogens (tertiary/aromatic N) is 4. The first-order chi connectivity index (χ1) is 11.2. The first kappa shape index (κ1) is 15.6. The van der Waals surface area contributed by atoms with E-state index in [4.69, 9.17) is 4.74 Å². The number of methoxy groups -OCH3 is 1. The van der Waals surface area contributed by atoms with Crippen LogP contribution < -0.4 is 4.74 Å². The van der Waals surface area contributed by atoms with Crippen molar-refractivity contribution in [3.8, 4) is 5.75 Å². The summed E-state index contributed by atoms with van der Waals surface area (Å²) in [6.45, 7) is 2.53. The van der Waals surface area contributed by atoms with Crippen molar-refractivity contribution in [3.63, 3.8) is 0 Å². The lowest BCUT2D eigenvalue weighted by Crippen LogP contribution is -2.49. The van der Waals surface area contributed by atoms with Crippen molar-refractivity contribution in [2.24, 2.45) is 0 Å². The molecule has 1 saturated heterocycles. The maximum atomic E-state index is 12.5. The quantitative estimate of drug-likeness (QED) is 0.856. The number of benzene rings is 1. The standard InChI is InChI=1S/C17H22N4O2/c1-19-10-11-20(17(22)13-21-9-5-8-18-21)12-15(19)14-6-3-4-7-16(14)23-2/h3-9,15H,10-13H2,1-2H3/t15-/m1/s1. The average molecular weight is 314 g/mol. The van der Waals surface area contributed by atoms with Crippen molar-refractivity contribution >= 4 is 5.91 Å². The van der Waals surface area contributed by atoms with Gasteiger partial charge in [-0.3, -0.25) is 14.4 Å². The number of para-hydroxylation sites is 1. The molecular formula is C17H22N4O2. The molecule has 0 spiro atoms. The van der Waals surface area contributed by atoms with Gasteiger partial charge in [0.15, 0.2) is 0 Å². The molecule has 0 aliphatic carbocycles. The zero-order chi connectivity index (χ0) is 16.2. The van der Waals surface area contributed by atoms with Gasteiger partial charge >= 0.3 is 0 Å². The fraction of sp³-hybridized carbons (Fsp3) is 0.412. The molecule has 1 aromatic heterocycles. The van der Waals surface area contributed by atoms with E-state index < -0.39 is 0 Å². The molecule has 0 radical (unpaired) electrons. The summed E-state index contributed by atoms with van der Waals surface area (Å²) in [6.07, 6.45) is 3.50. The van der Waals surface area contributed by atoms with Gasteiger partial charge < -0.3 is 9.64 Å². The summed E-state index contributed by atoms with van der Waals surface area (Å²) in [4.78, 5) is 16.7. The molecule has 0 bridgehead atoms. The van der Waals surface area contributed by atoms with Crippen LogP contribution in [0.2, 0.25) is 0 Å². The third kappa shape index (κ3) is 3.37. The lowest BCUT2D eigenvalue weighted by Gasteiger charge is -2.40. The minimum atomic E-state index is 0.0988. The summed E-state index contributed by atoms with van der Waals surface area (Å²) in [5, 5.41) is 4.11. The Hall–Kier alpha value is -2.34. The molecule has 2 heterocycles. The van der Waals surface area contributed by atoms with Crippen LogP contribution >= 0.6 is 0 Å². The van der Waals surface area contributed by atoms with Gasteiger partial charge in [0.25, 0.3) is 0 Å². The molecule has 23 heavy (non-hydrogen) atoms.